The van der Waals surface area contributed by atoms with Crippen LogP contribution < -0.4 is 4.74 Å². The topological polar surface area (TPSA) is 26.3 Å². The minimum absolute atomic E-state index is 0.106. The van der Waals surface area contributed by atoms with Crippen molar-refractivity contribution in [3.8, 4) is 5.75 Å². The number of hydrogen-bond donors (Lipinski definition) is 0. The second-order valence-corrected chi connectivity index (χ2v) is 3.89. The van der Waals surface area contributed by atoms with Crippen LogP contribution in [0.1, 0.15) is 15.9 Å². The van der Waals surface area contributed by atoms with Gasteiger partial charge in [-0.1, -0.05) is 18.2 Å². The van der Waals surface area contributed by atoms with E-state index in [1.165, 1.54) is 12.1 Å². The molecule has 2 aromatic rings. The van der Waals surface area contributed by atoms with Crippen molar-refractivity contribution in [3.63, 3.8) is 0 Å². The van der Waals surface area contributed by atoms with Crippen molar-refractivity contribution in [2.75, 3.05) is 0 Å². The number of ether oxygens (including phenoxy) is 1. The molecular formula is C14H8F4O2. The molecule has 0 aromatic heterocycles. The van der Waals surface area contributed by atoms with Crippen molar-refractivity contribution in [3.05, 3.63) is 65.5 Å². The van der Waals surface area contributed by atoms with E-state index in [9.17, 15) is 22.4 Å². The number of rotatable bonds is 2. The molecule has 0 aliphatic heterocycles. The maximum Gasteiger partial charge on any atom is 0.417 e. The van der Waals surface area contributed by atoms with E-state index in [0.29, 0.717) is 0 Å². The van der Waals surface area contributed by atoms with Gasteiger partial charge in [-0.2, -0.15) is 13.2 Å². The normalized spacial score (nSPS) is 11.2. The highest BCUT2D eigenvalue weighted by Gasteiger charge is 2.36. The van der Waals surface area contributed by atoms with E-state index < -0.39 is 29.1 Å². The predicted molar refractivity (Wildman–Crippen MR) is 62.8 cm³/mol. The fourth-order valence-electron chi connectivity index (χ4n) is 1.58. The summed E-state index contributed by atoms with van der Waals surface area (Å²) >= 11 is 0. The molecule has 0 bridgehead atoms. The second kappa shape index (κ2) is 5.32. The number of carbonyl (C=O) groups is 1. The number of esters is 1. The number of halogens is 4. The van der Waals surface area contributed by atoms with Gasteiger partial charge in [-0.25, -0.2) is 9.18 Å². The maximum atomic E-state index is 12.9. The zero-order chi connectivity index (χ0) is 14.8. The van der Waals surface area contributed by atoms with Crippen LogP contribution in [0.15, 0.2) is 48.5 Å². The Hall–Kier alpha value is -2.37. The summed E-state index contributed by atoms with van der Waals surface area (Å²) in [4.78, 5) is 11.7. The summed E-state index contributed by atoms with van der Waals surface area (Å²) in [5, 5.41) is 0. The van der Waals surface area contributed by atoms with Gasteiger partial charge in [0.25, 0.3) is 0 Å². The standard InChI is InChI=1S/C14H8F4O2/c15-9-6-7-11(12(8-9)14(16,17)18)13(19)20-10-4-2-1-3-5-10/h1-8H. The van der Waals surface area contributed by atoms with Crippen LogP contribution in [0.3, 0.4) is 0 Å². The molecule has 0 radical (unpaired) electrons. The SMILES string of the molecule is O=C(Oc1ccccc1)c1ccc(F)cc1C(F)(F)F. The van der Waals surface area contributed by atoms with E-state index in [4.69, 9.17) is 4.74 Å². The fraction of sp³-hybridized carbons (Fsp3) is 0.0714. The molecule has 0 fully saturated rings. The molecule has 0 amide bonds. The van der Waals surface area contributed by atoms with Crippen molar-refractivity contribution in [2.24, 2.45) is 0 Å². The van der Waals surface area contributed by atoms with Crippen molar-refractivity contribution in [1.82, 2.24) is 0 Å². The highest BCUT2D eigenvalue weighted by Crippen LogP contribution is 2.33. The van der Waals surface area contributed by atoms with E-state index in [2.05, 4.69) is 0 Å². The van der Waals surface area contributed by atoms with E-state index in [1.807, 2.05) is 0 Å². The van der Waals surface area contributed by atoms with Crippen molar-refractivity contribution >= 4 is 5.97 Å². The van der Waals surface area contributed by atoms with E-state index in [-0.39, 0.29) is 11.8 Å². The molecule has 0 spiro atoms. The zero-order valence-electron chi connectivity index (χ0n) is 9.95. The smallest absolute Gasteiger partial charge is 0.417 e. The molecule has 0 unspecified atom stereocenters. The molecule has 0 aliphatic carbocycles. The summed E-state index contributed by atoms with van der Waals surface area (Å²) in [6, 6.07) is 9.44. The molecule has 0 aliphatic rings. The third kappa shape index (κ3) is 3.14. The molecule has 104 valence electrons. The van der Waals surface area contributed by atoms with Crippen molar-refractivity contribution in [2.45, 2.75) is 6.18 Å². The number of para-hydroxylation sites is 1. The van der Waals surface area contributed by atoms with Gasteiger partial charge < -0.3 is 4.74 Å². The van der Waals surface area contributed by atoms with Crippen LogP contribution in [-0.4, -0.2) is 5.97 Å². The van der Waals surface area contributed by atoms with Crippen LogP contribution in [0.2, 0.25) is 0 Å². The Balaban J connectivity index is 2.35. The monoisotopic (exact) mass is 284 g/mol. The Labute approximate surface area is 111 Å². The minimum atomic E-state index is -4.84. The maximum absolute atomic E-state index is 12.9. The van der Waals surface area contributed by atoms with Gasteiger partial charge in [0.1, 0.15) is 11.6 Å². The summed E-state index contributed by atoms with van der Waals surface area (Å²) in [6.07, 6.45) is -4.84. The van der Waals surface area contributed by atoms with Gasteiger partial charge in [-0.15, -0.1) is 0 Å². The molecule has 0 atom stereocenters. The van der Waals surface area contributed by atoms with E-state index in [0.717, 1.165) is 12.1 Å². The third-order valence-electron chi connectivity index (χ3n) is 2.46. The van der Waals surface area contributed by atoms with Gasteiger partial charge >= 0.3 is 12.1 Å². The van der Waals surface area contributed by atoms with Gasteiger partial charge in [0.15, 0.2) is 0 Å². The Bertz CT molecular complexity index is 621. The molecule has 0 saturated carbocycles. The van der Waals surface area contributed by atoms with Gasteiger partial charge in [0, 0.05) is 0 Å². The molecular weight excluding hydrogens is 276 g/mol. The first-order chi connectivity index (χ1) is 9.38. The Morgan fingerprint density at radius 2 is 1.65 bits per heavy atom. The lowest BCUT2D eigenvalue weighted by molar-refractivity contribution is -0.138. The minimum Gasteiger partial charge on any atom is -0.423 e. The van der Waals surface area contributed by atoms with Crippen molar-refractivity contribution in [1.29, 1.82) is 0 Å². The highest BCUT2D eigenvalue weighted by molar-refractivity contribution is 5.92. The molecule has 2 aromatic carbocycles. The number of carbonyl (C=O) groups excluding carboxylic acids is 1. The van der Waals surface area contributed by atoms with Crippen LogP contribution in [-0.2, 0) is 6.18 Å². The molecule has 0 saturated heterocycles. The van der Waals surface area contributed by atoms with Crippen LogP contribution in [0.4, 0.5) is 17.6 Å². The van der Waals surface area contributed by atoms with Crippen LogP contribution in [0, 0.1) is 5.82 Å². The average Bonchev–Trinajstić information content (AvgIpc) is 2.38. The summed E-state index contributed by atoms with van der Waals surface area (Å²) in [5.74, 6) is -2.16. The Kier molecular flexibility index (Phi) is 3.74. The Morgan fingerprint density at radius 3 is 2.25 bits per heavy atom. The zero-order valence-corrected chi connectivity index (χ0v) is 9.95. The molecule has 2 nitrogen and oxygen atoms in total. The largest absolute Gasteiger partial charge is 0.423 e. The summed E-state index contributed by atoms with van der Waals surface area (Å²) in [7, 11) is 0. The highest BCUT2D eigenvalue weighted by atomic mass is 19.4. The fourth-order valence-corrected chi connectivity index (χ4v) is 1.58. The first-order valence-electron chi connectivity index (χ1n) is 5.52. The third-order valence-corrected chi connectivity index (χ3v) is 2.46. The first-order valence-corrected chi connectivity index (χ1v) is 5.52. The molecule has 2 rings (SSSR count). The van der Waals surface area contributed by atoms with Crippen LogP contribution >= 0.6 is 0 Å². The predicted octanol–water partition coefficient (Wildman–Crippen LogP) is 4.06. The lowest BCUT2D eigenvalue weighted by atomic mass is 10.1. The van der Waals surface area contributed by atoms with E-state index >= 15 is 0 Å². The molecule has 20 heavy (non-hydrogen) atoms. The summed E-state index contributed by atoms with van der Waals surface area (Å²) in [5.41, 5.74) is -2.10. The van der Waals surface area contributed by atoms with Crippen LogP contribution in [0.5, 0.6) is 5.75 Å². The van der Waals surface area contributed by atoms with Gasteiger partial charge in [-0.3, -0.25) is 0 Å². The van der Waals surface area contributed by atoms with E-state index in [1.54, 1.807) is 18.2 Å². The Morgan fingerprint density at radius 1 is 1.00 bits per heavy atom. The summed E-state index contributed by atoms with van der Waals surface area (Å²) in [6.45, 7) is 0. The molecule has 0 heterocycles. The van der Waals surface area contributed by atoms with Crippen molar-refractivity contribution < 1.29 is 27.1 Å². The van der Waals surface area contributed by atoms with Crippen LogP contribution in [0.25, 0.3) is 0 Å². The van der Waals surface area contributed by atoms with Gasteiger partial charge in [-0.05, 0) is 30.3 Å². The quantitative estimate of drug-likeness (QED) is 0.472. The lowest BCUT2D eigenvalue weighted by Crippen LogP contribution is -2.17. The van der Waals surface area contributed by atoms with Gasteiger partial charge in [0.05, 0.1) is 11.1 Å². The average molecular weight is 284 g/mol. The molecule has 0 N–H and O–H groups in total. The van der Waals surface area contributed by atoms with Gasteiger partial charge in [0.2, 0.25) is 0 Å². The first kappa shape index (κ1) is 14.0. The summed E-state index contributed by atoms with van der Waals surface area (Å²) < 4.78 is 56.0. The molecule has 6 heteroatoms. The second-order valence-electron chi connectivity index (χ2n) is 3.89. The number of alkyl halides is 3. The number of benzene rings is 2. The lowest BCUT2D eigenvalue weighted by Gasteiger charge is -2.12. The number of hydrogen-bond acceptors (Lipinski definition) is 2.